The van der Waals surface area contributed by atoms with Crippen LogP contribution in [0.1, 0.15) is 10.4 Å². The fourth-order valence-corrected chi connectivity index (χ4v) is 4.17. The molecular weight excluding hydrogens is 360 g/mol. The van der Waals surface area contributed by atoms with Crippen LogP contribution in [0.4, 0.5) is 0 Å². The number of hydrogen-bond acceptors (Lipinski definition) is 4. The molecule has 0 aliphatic heterocycles. The Bertz CT molecular complexity index is 748. The molecule has 0 bridgehead atoms. The van der Waals surface area contributed by atoms with E-state index >= 15 is 0 Å². The first-order chi connectivity index (χ1) is 9.51. The molecule has 104 valence electrons. The van der Waals surface area contributed by atoms with Crippen molar-refractivity contribution in [2.45, 2.75) is 11.3 Å². The molecule has 2 rings (SSSR count). The third-order valence-corrected chi connectivity index (χ3v) is 5.71. The molecule has 2 aromatic rings. The van der Waals surface area contributed by atoms with Crippen molar-refractivity contribution >= 4 is 37.3 Å². The van der Waals surface area contributed by atoms with Crippen molar-refractivity contribution in [3.8, 4) is 6.07 Å². The fourth-order valence-electron chi connectivity index (χ4n) is 1.61. The molecule has 0 atom stereocenters. The minimum atomic E-state index is -3.56. The predicted molar refractivity (Wildman–Crippen MR) is 82.1 cm³/mol. The minimum Gasteiger partial charge on any atom is -0.211 e. The molecular formula is C13H11BrN2O2S2. The van der Waals surface area contributed by atoms with E-state index in [9.17, 15) is 8.42 Å². The van der Waals surface area contributed by atoms with Crippen LogP contribution < -0.4 is 4.72 Å². The Morgan fingerprint density at radius 1 is 1.30 bits per heavy atom. The van der Waals surface area contributed by atoms with Crippen LogP contribution in [-0.4, -0.2) is 15.0 Å². The quantitative estimate of drug-likeness (QED) is 0.879. The van der Waals surface area contributed by atoms with Crippen molar-refractivity contribution in [1.82, 2.24) is 4.72 Å². The van der Waals surface area contributed by atoms with Crippen LogP contribution in [0.3, 0.4) is 0 Å². The highest BCUT2D eigenvalue weighted by atomic mass is 79.9. The molecule has 0 saturated heterocycles. The highest BCUT2D eigenvalue weighted by Gasteiger charge is 2.13. The Labute approximate surface area is 130 Å². The number of halogens is 1. The van der Waals surface area contributed by atoms with Gasteiger partial charge in [-0.1, -0.05) is 6.07 Å². The normalized spacial score (nSPS) is 11.2. The summed E-state index contributed by atoms with van der Waals surface area (Å²) in [6.07, 6.45) is 0.632. The zero-order chi connectivity index (χ0) is 14.6. The van der Waals surface area contributed by atoms with Crippen LogP contribution in [0, 0.1) is 11.3 Å². The summed E-state index contributed by atoms with van der Waals surface area (Å²) in [5.41, 5.74) is 0.329. The molecule has 0 amide bonds. The van der Waals surface area contributed by atoms with Crippen molar-refractivity contribution in [3.63, 3.8) is 0 Å². The van der Waals surface area contributed by atoms with Crippen LogP contribution in [0.2, 0.25) is 0 Å². The monoisotopic (exact) mass is 370 g/mol. The number of sulfonamides is 1. The van der Waals surface area contributed by atoms with E-state index in [0.717, 1.165) is 8.66 Å². The van der Waals surface area contributed by atoms with Gasteiger partial charge >= 0.3 is 0 Å². The van der Waals surface area contributed by atoms with Gasteiger partial charge in [-0.3, -0.25) is 0 Å². The van der Waals surface area contributed by atoms with Gasteiger partial charge in [0.15, 0.2) is 0 Å². The molecule has 7 heteroatoms. The lowest BCUT2D eigenvalue weighted by molar-refractivity contribution is 0.582. The lowest BCUT2D eigenvalue weighted by Crippen LogP contribution is -2.25. The molecule has 0 fully saturated rings. The Kier molecular flexibility index (Phi) is 4.94. The Hall–Kier alpha value is -1.20. The first kappa shape index (κ1) is 15.2. The SMILES string of the molecule is N#Cc1cccc(S(=O)(=O)NCCc2ccc(Br)s2)c1. The summed E-state index contributed by atoms with van der Waals surface area (Å²) in [6, 6.07) is 11.8. The van der Waals surface area contributed by atoms with Gasteiger partial charge in [-0.2, -0.15) is 5.26 Å². The molecule has 0 aliphatic carbocycles. The Morgan fingerprint density at radius 2 is 2.10 bits per heavy atom. The van der Waals surface area contributed by atoms with Gasteiger partial charge in [0.1, 0.15) is 0 Å². The third-order valence-electron chi connectivity index (χ3n) is 2.57. The zero-order valence-corrected chi connectivity index (χ0v) is 13.6. The average Bonchev–Trinajstić information content (AvgIpc) is 2.84. The number of nitrogens with one attached hydrogen (secondary N) is 1. The van der Waals surface area contributed by atoms with Crippen molar-refractivity contribution in [1.29, 1.82) is 5.26 Å². The van der Waals surface area contributed by atoms with Crippen molar-refractivity contribution < 1.29 is 8.42 Å². The third kappa shape index (κ3) is 3.90. The Balaban J connectivity index is 2.02. The molecule has 0 radical (unpaired) electrons. The largest absolute Gasteiger partial charge is 0.240 e. The maximum Gasteiger partial charge on any atom is 0.240 e. The topological polar surface area (TPSA) is 70.0 Å². The molecule has 4 nitrogen and oxygen atoms in total. The van der Waals surface area contributed by atoms with E-state index in [1.807, 2.05) is 18.2 Å². The van der Waals surface area contributed by atoms with Gasteiger partial charge in [-0.15, -0.1) is 11.3 Å². The zero-order valence-electron chi connectivity index (χ0n) is 10.3. The van der Waals surface area contributed by atoms with E-state index in [0.29, 0.717) is 18.5 Å². The molecule has 0 aliphatic rings. The molecule has 1 aromatic carbocycles. The van der Waals surface area contributed by atoms with Gasteiger partial charge in [-0.25, -0.2) is 13.1 Å². The van der Waals surface area contributed by atoms with Crippen LogP contribution >= 0.6 is 27.3 Å². The van der Waals surface area contributed by atoms with E-state index in [1.165, 1.54) is 12.1 Å². The summed E-state index contributed by atoms with van der Waals surface area (Å²) in [5, 5.41) is 8.79. The summed E-state index contributed by atoms with van der Waals surface area (Å²) in [5.74, 6) is 0. The van der Waals surface area contributed by atoms with Crippen LogP contribution in [0.5, 0.6) is 0 Å². The second-order valence-corrected chi connectivity index (χ2v) is 8.31. The van der Waals surface area contributed by atoms with Gasteiger partial charge < -0.3 is 0 Å². The number of nitriles is 1. The van der Waals surface area contributed by atoms with Crippen LogP contribution in [-0.2, 0) is 16.4 Å². The van der Waals surface area contributed by atoms with Gasteiger partial charge in [0.05, 0.1) is 20.3 Å². The number of nitrogens with zero attached hydrogens (tertiary/aromatic N) is 1. The summed E-state index contributed by atoms with van der Waals surface area (Å²) < 4.78 is 27.7. The number of rotatable bonds is 5. The van der Waals surface area contributed by atoms with Crippen molar-refractivity contribution in [2.75, 3.05) is 6.54 Å². The average molecular weight is 371 g/mol. The standard InChI is InChI=1S/C13H11BrN2O2S2/c14-13-5-4-11(19-13)6-7-16-20(17,18)12-3-1-2-10(8-12)9-15/h1-5,8,16H,6-7H2. The van der Waals surface area contributed by atoms with Gasteiger partial charge in [0.2, 0.25) is 10.0 Å². The molecule has 1 aromatic heterocycles. The lowest BCUT2D eigenvalue weighted by atomic mass is 10.2. The predicted octanol–water partition coefficient (Wildman–Crippen LogP) is 2.90. The first-order valence-corrected chi connectivity index (χ1v) is 8.84. The molecule has 0 saturated carbocycles. The van der Waals surface area contributed by atoms with Gasteiger partial charge in [0.25, 0.3) is 0 Å². The smallest absolute Gasteiger partial charge is 0.211 e. The number of hydrogen-bond donors (Lipinski definition) is 1. The van der Waals surface area contributed by atoms with Crippen LogP contribution in [0.15, 0.2) is 45.1 Å². The summed E-state index contributed by atoms with van der Waals surface area (Å²) >= 11 is 4.94. The van der Waals surface area contributed by atoms with E-state index in [-0.39, 0.29) is 4.90 Å². The van der Waals surface area contributed by atoms with E-state index in [1.54, 1.807) is 23.5 Å². The molecule has 1 N–H and O–H groups in total. The molecule has 0 spiro atoms. The van der Waals surface area contributed by atoms with Crippen molar-refractivity contribution in [3.05, 3.63) is 50.6 Å². The summed E-state index contributed by atoms with van der Waals surface area (Å²) in [6.45, 7) is 0.325. The summed E-state index contributed by atoms with van der Waals surface area (Å²) in [4.78, 5) is 1.22. The van der Waals surface area contributed by atoms with E-state index in [4.69, 9.17) is 5.26 Å². The number of thiophene rings is 1. The van der Waals surface area contributed by atoms with E-state index < -0.39 is 10.0 Å². The van der Waals surface area contributed by atoms with Gasteiger partial charge in [0, 0.05) is 11.4 Å². The molecule has 20 heavy (non-hydrogen) atoms. The minimum absolute atomic E-state index is 0.115. The first-order valence-electron chi connectivity index (χ1n) is 5.75. The fraction of sp³-hybridized carbons (Fsp3) is 0.154. The second kappa shape index (κ2) is 6.50. The molecule has 1 heterocycles. The summed E-state index contributed by atoms with van der Waals surface area (Å²) in [7, 11) is -3.56. The maximum absolute atomic E-state index is 12.1. The highest BCUT2D eigenvalue weighted by molar-refractivity contribution is 9.11. The number of benzene rings is 1. The lowest BCUT2D eigenvalue weighted by Gasteiger charge is -2.06. The van der Waals surface area contributed by atoms with E-state index in [2.05, 4.69) is 20.7 Å². The highest BCUT2D eigenvalue weighted by Crippen LogP contribution is 2.22. The Morgan fingerprint density at radius 3 is 2.75 bits per heavy atom. The van der Waals surface area contributed by atoms with Crippen molar-refractivity contribution in [2.24, 2.45) is 0 Å². The van der Waals surface area contributed by atoms with Crippen LogP contribution in [0.25, 0.3) is 0 Å². The molecule has 0 unspecified atom stereocenters. The maximum atomic E-state index is 12.1. The van der Waals surface area contributed by atoms with Gasteiger partial charge in [-0.05, 0) is 52.7 Å². The second-order valence-electron chi connectivity index (χ2n) is 3.99.